The van der Waals surface area contributed by atoms with Crippen LogP contribution < -0.4 is 0 Å². The molecule has 0 N–H and O–H groups in total. The van der Waals surface area contributed by atoms with Gasteiger partial charge in [-0.25, -0.2) is 0 Å². The van der Waals surface area contributed by atoms with Gasteiger partial charge in [0.1, 0.15) is 22.3 Å². The summed E-state index contributed by atoms with van der Waals surface area (Å²) >= 11 is 0. The first kappa shape index (κ1) is 18.5. The number of fused-ring (bicyclic) bond motifs is 10. The Labute approximate surface area is 204 Å². The molecule has 0 fully saturated rings. The number of hydrogen-bond acceptors (Lipinski definition) is 2. The molecular weight excluding hydrogens is 440 g/mol. The molecule has 0 saturated heterocycles. The maximum absolute atomic E-state index is 6.60. The summed E-state index contributed by atoms with van der Waals surface area (Å²) in [7, 11) is 0. The van der Waals surface area contributed by atoms with Gasteiger partial charge in [-0.1, -0.05) is 84.9 Å². The van der Waals surface area contributed by atoms with Crippen molar-refractivity contribution in [2.24, 2.45) is 0 Å². The third-order valence-electron chi connectivity index (χ3n) is 7.81. The van der Waals surface area contributed by atoms with Gasteiger partial charge in [0.15, 0.2) is 0 Å². The van der Waals surface area contributed by atoms with E-state index in [1.807, 2.05) is 0 Å². The van der Waals surface area contributed by atoms with Crippen molar-refractivity contribution in [2.45, 2.75) is 0 Å². The predicted octanol–water partition coefficient (Wildman–Crippen LogP) is 10.1. The first-order valence-electron chi connectivity index (χ1n) is 12.3. The second-order valence-corrected chi connectivity index (χ2v) is 9.63. The Morgan fingerprint density at radius 3 is 1.17 bits per heavy atom. The van der Waals surface area contributed by atoms with Gasteiger partial charge in [0.25, 0.3) is 0 Å². The van der Waals surface area contributed by atoms with Crippen LogP contribution in [0.4, 0.5) is 0 Å². The summed E-state index contributed by atoms with van der Waals surface area (Å²) in [5, 5.41) is 14.3. The van der Waals surface area contributed by atoms with Crippen LogP contribution in [0.15, 0.2) is 118 Å². The molecule has 0 unspecified atom stereocenters. The molecule has 0 amide bonds. The highest BCUT2D eigenvalue weighted by Gasteiger charge is 2.21. The Morgan fingerprint density at radius 1 is 0.278 bits per heavy atom. The van der Waals surface area contributed by atoms with Crippen LogP contribution in [0.5, 0.6) is 0 Å². The molecule has 166 valence electrons. The fourth-order valence-electron chi connectivity index (χ4n) is 6.38. The van der Waals surface area contributed by atoms with Crippen LogP contribution in [-0.4, -0.2) is 0 Å². The summed E-state index contributed by atoms with van der Waals surface area (Å²) in [5.74, 6) is 0. The van der Waals surface area contributed by atoms with E-state index in [0.29, 0.717) is 0 Å². The average molecular weight is 459 g/mol. The normalized spacial score (nSPS) is 12.4. The van der Waals surface area contributed by atoms with Crippen molar-refractivity contribution in [1.29, 1.82) is 0 Å². The van der Waals surface area contributed by atoms with Gasteiger partial charge in [0.2, 0.25) is 0 Å². The second kappa shape index (κ2) is 6.44. The van der Waals surface area contributed by atoms with Gasteiger partial charge < -0.3 is 8.83 Å². The van der Waals surface area contributed by atoms with Crippen molar-refractivity contribution in [3.8, 4) is 0 Å². The van der Waals surface area contributed by atoms with E-state index >= 15 is 0 Å². The number of benzene rings is 7. The fraction of sp³-hybridized carbons (Fsp3) is 0. The first-order valence-corrected chi connectivity index (χ1v) is 12.3. The molecule has 0 radical (unpaired) electrons. The Bertz CT molecular complexity index is 2200. The third-order valence-corrected chi connectivity index (χ3v) is 7.81. The lowest BCUT2D eigenvalue weighted by Gasteiger charge is -2.18. The lowest BCUT2D eigenvalue weighted by Crippen LogP contribution is -1.91. The lowest BCUT2D eigenvalue weighted by molar-refractivity contribution is 0.661. The number of rotatable bonds is 0. The minimum absolute atomic E-state index is 0.900. The molecule has 0 spiro atoms. The smallest absolute Gasteiger partial charge is 0.135 e. The molecule has 0 atom stereocenters. The van der Waals surface area contributed by atoms with Crippen LogP contribution in [0, 0.1) is 0 Å². The second-order valence-electron chi connectivity index (χ2n) is 9.63. The van der Waals surface area contributed by atoms with Gasteiger partial charge >= 0.3 is 0 Å². The summed E-state index contributed by atoms with van der Waals surface area (Å²) in [6.45, 7) is 0. The molecular formula is C34H18O2. The van der Waals surface area contributed by atoms with E-state index in [2.05, 4.69) is 109 Å². The molecule has 7 aromatic carbocycles. The largest absolute Gasteiger partial charge is 0.456 e. The maximum atomic E-state index is 6.60. The van der Waals surface area contributed by atoms with Gasteiger partial charge in [0, 0.05) is 32.3 Å². The highest BCUT2D eigenvalue weighted by atomic mass is 16.3. The van der Waals surface area contributed by atoms with Crippen molar-refractivity contribution in [1.82, 2.24) is 0 Å². The quantitative estimate of drug-likeness (QED) is 0.167. The number of hydrogen-bond donors (Lipinski definition) is 0. The minimum Gasteiger partial charge on any atom is -0.456 e. The molecule has 0 aliphatic heterocycles. The molecule has 2 nitrogen and oxygen atoms in total. The van der Waals surface area contributed by atoms with Gasteiger partial charge in [-0.15, -0.1) is 0 Å². The minimum atomic E-state index is 0.900. The van der Waals surface area contributed by atoms with Gasteiger partial charge in [0.05, 0.1) is 0 Å². The van der Waals surface area contributed by atoms with E-state index in [-0.39, 0.29) is 0 Å². The molecule has 2 heterocycles. The maximum Gasteiger partial charge on any atom is 0.135 e. The highest BCUT2D eigenvalue weighted by Crippen LogP contribution is 2.48. The summed E-state index contributed by atoms with van der Waals surface area (Å²) in [5.41, 5.74) is 3.61. The predicted molar refractivity (Wildman–Crippen MR) is 151 cm³/mol. The van der Waals surface area contributed by atoms with Crippen LogP contribution in [0.3, 0.4) is 0 Å². The first-order chi connectivity index (χ1) is 17.9. The third kappa shape index (κ3) is 2.18. The van der Waals surface area contributed by atoms with Crippen molar-refractivity contribution in [3.63, 3.8) is 0 Å². The van der Waals surface area contributed by atoms with E-state index in [1.165, 1.54) is 53.9 Å². The van der Waals surface area contributed by atoms with Crippen LogP contribution >= 0.6 is 0 Å². The molecule has 2 aromatic heterocycles. The van der Waals surface area contributed by atoms with Crippen molar-refractivity contribution >= 4 is 87.0 Å². The zero-order valence-corrected chi connectivity index (χ0v) is 19.2. The Kier molecular flexibility index (Phi) is 3.31. The molecule has 0 aliphatic rings. The van der Waals surface area contributed by atoms with Crippen molar-refractivity contribution in [2.75, 3.05) is 0 Å². The molecule has 2 heteroatoms. The molecule has 0 bridgehead atoms. The summed E-state index contributed by atoms with van der Waals surface area (Å²) in [4.78, 5) is 0. The van der Waals surface area contributed by atoms with Gasteiger partial charge in [-0.3, -0.25) is 0 Å². The van der Waals surface area contributed by atoms with E-state index in [0.717, 1.165) is 33.1 Å². The molecule has 36 heavy (non-hydrogen) atoms. The monoisotopic (exact) mass is 458 g/mol. The SMILES string of the molecule is c1ccc2c(c1)ccc1oc3cccc4c3c(c3cccc5oc6ccc7ccccc7c6c4c53)c12. The van der Waals surface area contributed by atoms with Gasteiger partial charge in [-0.2, -0.15) is 0 Å². The van der Waals surface area contributed by atoms with Crippen molar-refractivity contribution in [3.05, 3.63) is 109 Å². The van der Waals surface area contributed by atoms with E-state index < -0.39 is 0 Å². The fourth-order valence-corrected chi connectivity index (χ4v) is 6.38. The topological polar surface area (TPSA) is 26.3 Å². The van der Waals surface area contributed by atoms with Crippen LogP contribution in [0.25, 0.3) is 87.0 Å². The lowest BCUT2D eigenvalue weighted by atomic mass is 9.88. The molecule has 0 aliphatic carbocycles. The summed E-state index contributed by atoms with van der Waals surface area (Å²) in [6, 6.07) is 38.5. The Morgan fingerprint density at radius 2 is 0.667 bits per heavy atom. The Hall–Kier alpha value is -4.82. The molecule has 0 saturated carbocycles. The molecule has 9 rings (SSSR count). The van der Waals surface area contributed by atoms with E-state index in [4.69, 9.17) is 8.83 Å². The van der Waals surface area contributed by atoms with Crippen LogP contribution in [-0.2, 0) is 0 Å². The van der Waals surface area contributed by atoms with Crippen molar-refractivity contribution < 1.29 is 8.83 Å². The average Bonchev–Trinajstić information content (AvgIpc) is 2.94. The van der Waals surface area contributed by atoms with Gasteiger partial charge in [-0.05, 0) is 56.6 Å². The van der Waals surface area contributed by atoms with Crippen LogP contribution in [0.2, 0.25) is 0 Å². The summed E-state index contributed by atoms with van der Waals surface area (Å²) in [6.07, 6.45) is 0. The highest BCUT2D eigenvalue weighted by molar-refractivity contribution is 6.42. The summed E-state index contributed by atoms with van der Waals surface area (Å²) < 4.78 is 13.2. The standard InChI is InChI=1S/C34H18O2/c1-3-9-21-19(7-1)15-17-27-29(21)33-23-11-5-14-26-32(23)34(24-12-6-13-25(35-27)31(24)33)30-22-10-4-2-8-20(22)16-18-28(30)36-26/h1-18H. The van der Waals surface area contributed by atoms with E-state index in [9.17, 15) is 0 Å². The Balaban J connectivity index is 1.72. The van der Waals surface area contributed by atoms with E-state index in [1.54, 1.807) is 0 Å². The molecule has 9 aromatic rings. The zero-order valence-electron chi connectivity index (χ0n) is 19.2. The zero-order chi connectivity index (χ0) is 23.4. The van der Waals surface area contributed by atoms with Crippen LogP contribution in [0.1, 0.15) is 0 Å².